The number of carbonyl (C=O) groups is 2. The molecule has 0 bridgehead atoms. The fourth-order valence-corrected chi connectivity index (χ4v) is 6.77. The molecule has 3 heterocycles. The molecule has 2 N–H and O–H groups in total. The average molecular weight is 528 g/mol. The molecule has 206 valence electrons. The maximum Gasteiger partial charge on any atom is 0.244 e. The first-order chi connectivity index (χ1) is 18.8. The van der Waals surface area contributed by atoms with Crippen molar-refractivity contribution in [1.29, 1.82) is 0 Å². The van der Waals surface area contributed by atoms with E-state index in [-0.39, 0.29) is 23.5 Å². The molecule has 2 saturated carbocycles. The van der Waals surface area contributed by atoms with Gasteiger partial charge in [-0.2, -0.15) is 0 Å². The van der Waals surface area contributed by atoms with E-state index in [1.54, 1.807) is 0 Å². The lowest BCUT2D eigenvalue weighted by molar-refractivity contribution is -0.140. The predicted octanol–water partition coefficient (Wildman–Crippen LogP) is 3.78. The number of hydrogen-bond acceptors (Lipinski definition) is 5. The van der Waals surface area contributed by atoms with Gasteiger partial charge >= 0.3 is 0 Å². The number of benzene rings is 1. The minimum absolute atomic E-state index is 0.0570. The molecule has 7 rings (SSSR count). The summed E-state index contributed by atoms with van der Waals surface area (Å²) < 4.78 is 0. The fraction of sp³-hybridized carbons (Fsp3) is 0.562. The van der Waals surface area contributed by atoms with E-state index in [1.807, 2.05) is 4.90 Å². The molecule has 1 spiro atoms. The Balaban J connectivity index is 1.02. The lowest BCUT2D eigenvalue weighted by atomic mass is 9.85. The van der Waals surface area contributed by atoms with E-state index < -0.39 is 0 Å². The first-order valence-corrected chi connectivity index (χ1v) is 14.9. The van der Waals surface area contributed by atoms with Crippen LogP contribution in [0.1, 0.15) is 69.9 Å². The molecule has 0 aromatic heterocycles. The van der Waals surface area contributed by atoms with Gasteiger partial charge in [-0.25, -0.2) is 5.43 Å². The second-order valence-corrected chi connectivity index (χ2v) is 12.9. The Morgan fingerprint density at radius 2 is 1.87 bits per heavy atom. The second-order valence-electron chi connectivity index (χ2n) is 12.9. The highest BCUT2D eigenvalue weighted by atomic mass is 16.2. The Hall–Kier alpha value is -2.90. The van der Waals surface area contributed by atoms with Crippen LogP contribution in [-0.4, -0.2) is 70.5 Å². The summed E-state index contributed by atoms with van der Waals surface area (Å²) in [7, 11) is 0. The van der Waals surface area contributed by atoms with Crippen LogP contribution in [0.5, 0.6) is 0 Å². The van der Waals surface area contributed by atoms with E-state index in [2.05, 4.69) is 84.0 Å². The highest BCUT2D eigenvalue weighted by Gasteiger charge is 2.60. The molecule has 2 amide bonds. The Kier molecular flexibility index (Phi) is 6.01. The molecule has 2 unspecified atom stereocenters. The van der Waals surface area contributed by atoms with Crippen molar-refractivity contribution >= 4 is 17.4 Å². The van der Waals surface area contributed by atoms with Gasteiger partial charge in [-0.3, -0.25) is 14.9 Å². The van der Waals surface area contributed by atoms with Gasteiger partial charge < -0.3 is 14.8 Å². The normalized spacial score (nSPS) is 28.2. The van der Waals surface area contributed by atoms with Crippen LogP contribution < -0.4 is 10.7 Å². The van der Waals surface area contributed by atoms with Crippen LogP contribution in [0.25, 0.3) is 5.57 Å². The number of hydrogen-bond donors (Lipinski definition) is 2. The van der Waals surface area contributed by atoms with Gasteiger partial charge in [-0.1, -0.05) is 36.4 Å². The van der Waals surface area contributed by atoms with E-state index in [4.69, 9.17) is 0 Å². The van der Waals surface area contributed by atoms with Crippen LogP contribution in [0.3, 0.4) is 0 Å². The minimum Gasteiger partial charge on any atom is -0.342 e. The highest BCUT2D eigenvalue weighted by Crippen LogP contribution is 2.46. The quantitative estimate of drug-likeness (QED) is 0.565. The number of allylic oxidation sites excluding steroid dienone is 2. The molecule has 3 aliphatic carbocycles. The van der Waals surface area contributed by atoms with Crippen LogP contribution in [-0.2, 0) is 9.59 Å². The molecule has 6 aliphatic rings. The standard InChI is InChI=1S/C32H41N5O2/c1-20(2)37-19-27(15-33-37)24-6-4-23(5-7-24)26-10-11-28(21(3)14-26)29-34-32(12-13-32)31(39)36(29)18-22-16-35(17-22)30(38)25-8-9-25/h4-7,11,14,19-20,22,25-26,29,33-34H,8-10,12-13,15-18H2,1-3H3. The van der Waals surface area contributed by atoms with Crippen molar-refractivity contribution in [2.24, 2.45) is 11.8 Å². The van der Waals surface area contributed by atoms with Crippen molar-refractivity contribution in [3.05, 3.63) is 64.9 Å². The Bertz CT molecular complexity index is 1260. The first-order valence-electron chi connectivity index (χ1n) is 14.9. The maximum atomic E-state index is 13.5. The average Bonchev–Trinajstić information content (AvgIpc) is 3.83. The third-order valence-corrected chi connectivity index (χ3v) is 9.60. The van der Waals surface area contributed by atoms with Gasteiger partial charge in [0.05, 0.1) is 0 Å². The van der Waals surface area contributed by atoms with Gasteiger partial charge in [-0.15, -0.1) is 0 Å². The third-order valence-electron chi connectivity index (χ3n) is 9.60. The SMILES string of the molecule is CC1=CC(c2ccc(C3=CN(C(C)C)NC3)cc2)CC=C1C1NC2(CC2)C(=O)N1CC1CN(C(=O)C2CC2)C1. The number of likely N-dealkylation sites (tertiary alicyclic amines) is 1. The number of amides is 2. The molecule has 2 atom stereocenters. The molecule has 39 heavy (non-hydrogen) atoms. The topological polar surface area (TPSA) is 67.9 Å². The van der Waals surface area contributed by atoms with Crippen LogP contribution in [0.15, 0.2) is 53.8 Å². The van der Waals surface area contributed by atoms with Gasteiger partial charge in [0.1, 0.15) is 11.7 Å². The number of nitrogens with one attached hydrogen (secondary N) is 2. The van der Waals surface area contributed by atoms with Crippen molar-refractivity contribution in [2.45, 2.75) is 76.5 Å². The Morgan fingerprint density at radius 3 is 2.49 bits per heavy atom. The summed E-state index contributed by atoms with van der Waals surface area (Å²) in [6.07, 6.45) is 11.8. The number of carbonyl (C=O) groups excluding carboxylic acids is 2. The Labute approximate surface area is 231 Å². The number of nitrogens with zero attached hydrogens (tertiary/aromatic N) is 3. The highest BCUT2D eigenvalue weighted by molar-refractivity contribution is 5.92. The zero-order chi connectivity index (χ0) is 26.9. The van der Waals surface area contributed by atoms with E-state index in [0.29, 0.717) is 23.8 Å². The molecule has 7 nitrogen and oxygen atoms in total. The molecular formula is C32H41N5O2. The number of hydrazine groups is 1. The van der Waals surface area contributed by atoms with Crippen LogP contribution in [0.4, 0.5) is 0 Å². The van der Waals surface area contributed by atoms with E-state index in [1.165, 1.54) is 27.8 Å². The summed E-state index contributed by atoms with van der Waals surface area (Å²) in [6, 6.07) is 9.49. The van der Waals surface area contributed by atoms with Gasteiger partial charge in [0.25, 0.3) is 0 Å². The second kappa shape index (κ2) is 9.34. The third kappa shape index (κ3) is 4.53. The molecule has 4 fully saturated rings. The number of rotatable bonds is 7. The van der Waals surface area contributed by atoms with Gasteiger partial charge in [0, 0.05) is 56.2 Å². The summed E-state index contributed by atoms with van der Waals surface area (Å²) in [5.41, 5.74) is 9.54. The first kappa shape index (κ1) is 25.1. The molecule has 1 aromatic carbocycles. The predicted molar refractivity (Wildman–Crippen MR) is 152 cm³/mol. The van der Waals surface area contributed by atoms with Crippen LogP contribution in [0, 0.1) is 11.8 Å². The largest absolute Gasteiger partial charge is 0.342 e. The van der Waals surface area contributed by atoms with Crippen molar-refractivity contribution in [3.63, 3.8) is 0 Å². The zero-order valence-corrected chi connectivity index (χ0v) is 23.5. The Morgan fingerprint density at radius 1 is 1.13 bits per heavy atom. The van der Waals surface area contributed by atoms with Crippen molar-refractivity contribution in [2.75, 3.05) is 26.2 Å². The van der Waals surface area contributed by atoms with Crippen LogP contribution in [0.2, 0.25) is 0 Å². The molecule has 7 heteroatoms. The van der Waals surface area contributed by atoms with Gasteiger partial charge in [0.2, 0.25) is 11.8 Å². The molecule has 2 saturated heterocycles. The smallest absolute Gasteiger partial charge is 0.244 e. The minimum atomic E-state index is -0.347. The molecular weight excluding hydrogens is 486 g/mol. The maximum absolute atomic E-state index is 13.5. The van der Waals surface area contributed by atoms with E-state index >= 15 is 0 Å². The lowest BCUT2D eigenvalue weighted by Gasteiger charge is -2.42. The summed E-state index contributed by atoms with van der Waals surface area (Å²) in [6.45, 7) is 9.78. The monoisotopic (exact) mass is 527 g/mol. The molecule has 0 radical (unpaired) electrons. The van der Waals surface area contributed by atoms with Crippen molar-refractivity contribution < 1.29 is 9.59 Å². The summed E-state index contributed by atoms with van der Waals surface area (Å²) in [4.78, 5) is 29.9. The van der Waals surface area contributed by atoms with E-state index in [0.717, 1.165) is 58.3 Å². The van der Waals surface area contributed by atoms with Gasteiger partial charge in [0.15, 0.2) is 0 Å². The summed E-state index contributed by atoms with van der Waals surface area (Å²) in [5, 5.41) is 5.91. The summed E-state index contributed by atoms with van der Waals surface area (Å²) >= 11 is 0. The van der Waals surface area contributed by atoms with Gasteiger partial charge in [-0.05, 0) is 80.7 Å². The fourth-order valence-electron chi connectivity index (χ4n) is 6.77. The van der Waals surface area contributed by atoms with E-state index in [9.17, 15) is 9.59 Å². The molecule has 3 aliphatic heterocycles. The van der Waals surface area contributed by atoms with Crippen molar-refractivity contribution in [3.8, 4) is 0 Å². The van der Waals surface area contributed by atoms with Crippen molar-refractivity contribution in [1.82, 2.24) is 25.6 Å². The molecule has 1 aromatic rings. The zero-order valence-electron chi connectivity index (χ0n) is 23.5. The van der Waals surface area contributed by atoms with Crippen LogP contribution >= 0.6 is 0 Å². The summed E-state index contributed by atoms with van der Waals surface area (Å²) in [5.74, 6) is 1.60. The lowest BCUT2D eigenvalue weighted by Crippen LogP contribution is -2.56.